The van der Waals surface area contributed by atoms with E-state index in [2.05, 4.69) is 20.5 Å². The number of anilines is 2. The molecule has 0 amide bonds. The summed E-state index contributed by atoms with van der Waals surface area (Å²) in [6.45, 7) is 5.03. The van der Waals surface area contributed by atoms with Gasteiger partial charge in [-0.2, -0.15) is 4.98 Å². The van der Waals surface area contributed by atoms with Crippen molar-refractivity contribution < 1.29 is 9.53 Å². The Morgan fingerprint density at radius 2 is 1.85 bits per heavy atom. The van der Waals surface area contributed by atoms with Crippen molar-refractivity contribution in [3.63, 3.8) is 0 Å². The lowest BCUT2D eigenvalue weighted by molar-refractivity contribution is 0.0973. The van der Waals surface area contributed by atoms with Gasteiger partial charge in [0.2, 0.25) is 0 Å². The number of Topliss-reactive ketones (excluding diaryl/α,β-unsaturated/α-hetero) is 1. The molecule has 1 saturated carbocycles. The number of carbonyl (C=O) groups is 1. The first-order valence-corrected chi connectivity index (χ1v) is 15.0. The van der Waals surface area contributed by atoms with Crippen LogP contribution in [0, 0.1) is 11.3 Å². The van der Waals surface area contributed by atoms with Gasteiger partial charge in [0.25, 0.3) is 0 Å². The molecule has 1 aromatic heterocycles. The molecule has 0 atom stereocenters. The molecule has 2 fully saturated rings. The minimum atomic E-state index is -0.272. The molecule has 1 aromatic carbocycles. The summed E-state index contributed by atoms with van der Waals surface area (Å²) in [6, 6.07) is 5.58. The first-order chi connectivity index (χ1) is 19.5. The predicted octanol–water partition coefficient (Wildman–Crippen LogP) is 4.58. The summed E-state index contributed by atoms with van der Waals surface area (Å²) in [4.78, 5) is 32.5. The van der Waals surface area contributed by atoms with Crippen LogP contribution in [0.25, 0.3) is 0 Å². The van der Waals surface area contributed by atoms with Crippen molar-refractivity contribution in [2.24, 2.45) is 11.7 Å². The molecule has 0 spiro atoms. The number of piperazine rings is 1. The summed E-state index contributed by atoms with van der Waals surface area (Å²) < 4.78 is 7.88. The Morgan fingerprint density at radius 3 is 2.62 bits per heavy atom. The Kier molecular flexibility index (Phi) is 9.49. The molecule has 40 heavy (non-hydrogen) atoms. The van der Waals surface area contributed by atoms with E-state index in [9.17, 15) is 9.59 Å². The molecule has 216 valence electrons. The molecular formula is C30H43N7O3. The molecule has 5 rings (SSSR count). The molecule has 2 aromatic rings. The average Bonchev–Trinajstić information content (AvgIpc) is 2.96. The number of nitrogens with two attached hydrogens (primary N) is 1. The number of nitrogens with one attached hydrogen (secondary N) is 3. The average molecular weight is 550 g/mol. The van der Waals surface area contributed by atoms with E-state index < -0.39 is 0 Å². The Bertz CT molecular complexity index is 1250. The van der Waals surface area contributed by atoms with Crippen LogP contribution in [0.15, 0.2) is 29.2 Å². The van der Waals surface area contributed by atoms with E-state index >= 15 is 0 Å². The summed E-state index contributed by atoms with van der Waals surface area (Å²) in [6.07, 6.45) is 12.4. The van der Waals surface area contributed by atoms with Gasteiger partial charge in [-0.05, 0) is 69.2 Å². The molecule has 10 nitrogen and oxygen atoms in total. The topological polar surface area (TPSA) is 138 Å². The highest BCUT2D eigenvalue weighted by molar-refractivity contribution is 5.97. The number of fused-ring (bicyclic) bond motifs is 2. The molecule has 0 unspecified atom stereocenters. The lowest BCUT2D eigenvalue weighted by Gasteiger charge is -2.30. The van der Waals surface area contributed by atoms with Crippen LogP contribution in [0.2, 0.25) is 0 Å². The van der Waals surface area contributed by atoms with E-state index in [1.165, 1.54) is 12.8 Å². The second-order valence-corrected chi connectivity index (χ2v) is 11.5. The molecule has 0 radical (unpaired) electrons. The maximum Gasteiger partial charge on any atom is 0.350 e. The van der Waals surface area contributed by atoms with E-state index in [-0.39, 0.29) is 23.4 Å². The van der Waals surface area contributed by atoms with Crippen molar-refractivity contribution >= 4 is 23.1 Å². The highest BCUT2D eigenvalue weighted by atomic mass is 16.5. The van der Waals surface area contributed by atoms with Crippen LogP contribution in [0.3, 0.4) is 0 Å². The fourth-order valence-corrected chi connectivity index (χ4v) is 6.19. The summed E-state index contributed by atoms with van der Waals surface area (Å²) in [7, 11) is 0. The number of nitrogens with zero attached hydrogens (tertiary/aromatic N) is 3. The maximum absolute atomic E-state index is 13.0. The number of benzene rings is 1. The fraction of sp³-hybridized carbons (Fsp3) is 0.600. The van der Waals surface area contributed by atoms with Gasteiger partial charge in [0.05, 0.1) is 17.7 Å². The lowest BCUT2D eigenvalue weighted by Crippen LogP contribution is -2.43. The zero-order valence-corrected chi connectivity index (χ0v) is 23.4. The summed E-state index contributed by atoms with van der Waals surface area (Å²) in [5.41, 5.74) is 6.47. The molecule has 10 heteroatoms. The molecule has 3 aliphatic rings. The maximum atomic E-state index is 13.0. The summed E-state index contributed by atoms with van der Waals surface area (Å²) >= 11 is 0. The van der Waals surface area contributed by atoms with Crippen molar-refractivity contribution in [2.75, 3.05) is 38.0 Å². The van der Waals surface area contributed by atoms with Crippen molar-refractivity contribution in [3.05, 3.63) is 40.4 Å². The number of unbranched alkanes of at least 4 members (excludes halogenated alkanes) is 2. The van der Waals surface area contributed by atoms with Gasteiger partial charge in [-0.15, -0.1) is 0 Å². The number of aromatic nitrogens is 2. The molecule has 2 aliphatic heterocycles. The first kappa shape index (κ1) is 28.3. The molecular weight excluding hydrogens is 506 g/mol. The van der Waals surface area contributed by atoms with Gasteiger partial charge in [-0.1, -0.05) is 19.3 Å². The minimum Gasteiger partial charge on any atom is -0.450 e. The number of ketones is 1. The van der Waals surface area contributed by atoms with Crippen molar-refractivity contribution in [1.82, 2.24) is 19.8 Å². The van der Waals surface area contributed by atoms with Gasteiger partial charge in [0.15, 0.2) is 23.1 Å². The van der Waals surface area contributed by atoms with Crippen molar-refractivity contribution in [1.29, 1.82) is 5.41 Å². The molecule has 5 N–H and O–H groups in total. The van der Waals surface area contributed by atoms with E-state index in [0.29, 0.717) is 47.3 Å². The van der Waals surface area contributed by atoms with Crippen molar-refractivity contribution in [2.45, 2.75) is 76.7 Å². The predicted molar refractivity (Wildman–Crippen MR) is 157 cm³/mol. The third kappa shape index (κ3) is 7.28. The number of amidine groups is 1. The largest absolute Gasteiger partial charge is 0.450 e. The van der Waals surface area contributed by atoms with E-state index in [1.807, 2.05) is 12.1 Å². The molecule has 0 bridgehead atoms. The van der Waals surface area contributed by atoms with Gasteiger partial charge in [0.1, 0.15) is 0 Å². The highest BCUT2D eigenvalue weighted by Crippen LogP contribution is 2.42. The summed E-state index contributed by atoms with van der Waals surface area (Å²) in [5.74, 6) is 2.65. The second kappa shape index (κ2) is 13.4. The Labute approximate surface area is 236 Å². The number of ether oxygens (including phenoxy) is 1. The standard InChI is InChI=1S/C30H43N7O3/c31-28(32)7-3-1-2-5-21-8-11-23(12-9-21)37-20-27-29(35-30(37)39)34-24-19-22(10-13-26(24)40-27)25(38)6-4-16-36-17-14-33-15-18-36/h10,13,19-21,23,33H,1-9,11-12,14-18H2,(H3,31,32)(H,34,35,39). The number of rotatable bonds is 12. The van der Waals surface area contributed by atoms with Gasteiger partial charge in [-0.3, -0.25) is 14.8 Å². The van der Waals surface area contributed by atoms with Crippen LogP contribution in [0.1, 0.15) is 87.0 Å². The van der Waals surface area contributed by atoms with E-state index in [1.54, 1.807) is 16.8 Å². The number of hydrogen-bond acceptors (Lipinski definition) is 8. The minimum absolute atomic E-state index is 0.112. The quantitative estimate of drug-likeness (QED) is 0.111. The smallest absolute Gasteiger partial charge is 0.350 e. The third-order valence-electron chi connectivity index (χ3n) is 8.55. The first-order valence-electron chi connectivity index (χ1n) is 15.0. The zero-order valence-electron chi connectivity index (χ0n) is 23.4. The van der Waals surface area contributed by atoms with Crippen LogP contribution >= 0.6 is 0 Å². The summed E-state index contributed by atoms with van der Waals surface area (Å²) in [5, 5.41) is 13.9. The van der Waals surface area contributed by atoms with Crippen LogP contribution in [-0.2, 0) is 0 Å². The van der Waals surface area contributed by atoms with Crippen LogP contribution in [-0.4, -0.2) is 58.8 Å². The second-order valence-electron chi connectivity index (χ2n) is 11.5. The normalized spacial score (nSPS) is 20.6. The van der Waals surface area contributed by atoms with E-state index in [0.717, 1.165) is 77.7 Å². The number of hydrogen-bond donors (Lipinski definition) is 4. The van der Waals surface area contributed by atoms with Crippen molar-refractivity contribution in [3.8, 4) is 11.5 Å². The van der Waals surface area contributed by atoms with Gasteiger partial charge < -0.3 is 26.0 Å². The van der Waals surface area contributed by atoms with Crippen LogP contribution < -0.4 is 26.8 Å². The Balaban J connectivity index is 1.14. The van der Waals surface area contributed by atoms with Gasteiger partial charge in [0, 0.05) is 50.6 Å². The van der Waals surface area contributed by atoms with E-state index in [4.69, 9.17) is 15.9 Å². The fourth-order valence-electron chi connectivity index (χ4n) is 6.19. The van der Waals surface area contributed by atoms with Crippen LogP contribution in [0.4, 0.5) is 11.5 Å². The SMILES string of the molecule is N=C(N)CCCCCC1CCC(n2cc3c(nc2=O)Nc2cc(C(=O)CCCN4CCNCC4)ccc2O3)CC1. The molecule has 3 heterocycles. The monoisotopic (exact) mass is 549 g/mol. The lowest BCUT2D eigenvalue weighted by atomic mass is 9.83. The molecule has 1 saturated heterocycles. The molecule has 1 aliphatic carbocycles. The van der Waals surface area contributed by atoms with Gasteiger partial charge >= 0.3 is 5.69 Å². The van der Waals surface area contributed by atoms with Crippen LogP contribution in [0.5, 0.6) is 11.5 Å². The Hall–Kier alpha value is -3.24. The van der Waals surface area contributed by atoms with Gasteiger partial charge in [-0.25, -0.2) is 4.79 Å². The highest BCUT2D eigenvalue weighted by Gasteiger charge is 2.26. The Morgan fingerprint density at radius 1 is 1.05 bits per heavy atom. The third-order valence-corrected chi connectivity index (χ3v) is 8.55. The zero-order chi connectivity index (χ0) is 27.9. The number of carbonyl (C=O) groups excluding carboxylic acids is 1.